The first-order chi connectivity index (χ1) is 14.1. The molecule has 0 fully saturated rings. The van der Waals surface area contributed by atoms with Crippen molar-refractivity contribution in [2.45, 2.75) is 20.1 Å². The van der Waals surface area contributed by atoms with Gasteiger partial charge in [-0.2, -0.15) is 0 Å². The number of para-hydroxylation sites is 1. The highest BCUT2D eigenvalue weighted by atomic mass is 16.5. The molecule has 5 heteroatoms. The van der Waals surface area contributed by atoms with Crippen LogP contribution in [0.25, 0.3) is 5.65 Å². The van der Waals surface area contributed by atoms with Crippen LogP contribution in [-0.4, -0.2) is 27.2 Å². The van der Waals surface area contributed by atoms with Crippen LogP contribution in [0, 0.1) is 6.92 Å². The minimum Gasteiger partial charge on any atom is -0.486 e. The molecule has 0 aliphatic carbocycles. The molecule has 0 unspecified atom stereocenters. The van der Waals surface area contributed by atoms with Gasteiger partial charge in [-0.3, -0.25) is 4.79 Å². The van der Waals surface area contributed by atoms with Crippen LogP contribution in [0.1, 0.15) is 27.2 Å². The summed E-state index contributed by atoms with van der Waals surface area (Å²) in [4.78, 5) is 19.3. The number of rotatable bonds is 6. The first-order valence-electron chi connectivity index (χ1n) is 9.56. The summed E-state index contributed by atoms with van der Waals surface area (Å²) in [5, 5.41) is 0. The lowest BCUT2D eigenvalue weighted by Gasteiger charge is -2.19. The standard InChI is InChI=1S/C24H23N3O2/c1-18-9-8-14-27-16-20(25-23(18)27)17-29-22-13-7-6-12-21(22)24(28)26(2)15-19-10-4-3-5-11-19/h3-14,16H,15,17H2,1-2H3. The van der Waals surface area contributed by atoms with E-state index in [0.29, 0.717) is 24.5 Å². The molecule has 2 heterocycles. The number of amides is 1. The van der Waals surface area contributed by atoms with Crippen LogP contribution in [0.15, 0.2) is 79.1 Å². The second-order valence-electron chi connectivity index (χ2n) is 7.09. The zero-order valence-corrected chi connectivity index (χ0v) is 16.6. The average molecular weight is 385 g/mol. The highest BCUT2D eigenvalue weighted by molar-refractivity contribution is 5.96. The fourth-order valence-corrected chi connectivity index (χ4v) is 3.33. The minimum absolute atomic E-state index is 0.0738. The monoisotopic (exact) mass is 385 g/mol. The van der Waals surface area contributed by atoms with Gasteiger partial charge in [0.05, 0.1) is 11.3 Å². The third-order valence-corrected chi connectivity index (χ3v) is 4.83. The number of ether oxygens (including phenoxy) is 1. The van der Waals surface area contributed by atoms with Crippen LogP contribution in [0.2, 0.25) is 0 Å². The van der Waals surface area contributed by atoms with Crippen molar-refractivity contribution in [3.63, 3.8) is 0 Å². The molecule has 0 aliphatic rings. The largest absolute Gasteiger partial charge is 0.486 e. The normalized spacial score (nSPS) is 10.8. The Morgan fingerprint density at radius 1 is 1.03 bits per heavy atom. The predicted octanol–water partition coefficient (Wildman–Crippen LogP) is 4.49. The molecular formula is C24H23N3O2. The van der Waals surface area contributed by atoms with Crippen molar-refractivity contribution in [2.75, 3.05) is 7.05 Å². The Morgan fingerprint density at radius 3 is 2.59 bits per heavy atom. The summed E-state index contributed by atoms with van der Waals surface area (Å²) in [6, 6.07) is 21.3. The number of carbonyl (C=O) groups excluding carboxylic acids is 1. The summed E-state index contributed by atoms with van der Waals surface area (Å²) in [6.07, 6.45) is 3.92. The molecule has 4 rings (SSSR count). The van der Waals surface area contributed by atoms with Crippen molar-refractivity contribution in [3.05, 3.63) is 102 Å². The highest BCUT2D eigenvalue weighted by Crippen LogP contribution is 2.22. The van der Waals surface area contributed by atoms with Crippen LogP contribution in [0.5, 0.6) is 5.75 Å². The van der Waals surface area contributed by atoms with E-state index in [1.54, 1.807) is 18.0 Å². The average Bonchev–Trinajstić information content (AvgIpc) is 3.17. The van der Waals surface area contributed by atoms with Crippen LogP contribution in [-0.2, 0) is 13.2 Å². The molecule has 0 spiro atoms. The van der Waals surface area contributed by atoms with Crippen molar-refractivity contribution in [1.29, 1.82) is 0 Å². The molecule has 0 atom stereocenters. The lowest BCUT2D eigenvalue weighted by atomic mass is 10.1. The Hall–Kier alpha value is -3.60. The van der Waals surface area contributed by atoms with Gasteiger partial charge in [-0.1, -0.05) is 48.5 Å². The van der Waals surface area contributed by atoms with Gasteiger partial charge in [-0.15, -0.1) is 0 Å². The van der Waals surface area contributed by atoms with Crippen LogP contribution >= 0.6 is 0 Å². The van der Waals surface area contributed by atoms with Crippen molar-refractivity contribution >= 4 is 11.6 Å². The Bertz CT molecular complexity index is 1140. The van der Waals surface area contributed by atoms with Crippen molar-refractivity contribution in [2.24, 2.45) is 0 Å². The summed E-state index contributed by atoms with van der Waals surface area (Å²) in [5.41, 5.74) is 4.47. The van der Waals surface area contributed by atoms with Gasteiger partial charge in [-0.25, -0.2) is 4.98 Å². The Kier molecular flexibility index (Phi) is 5.29. The lowest BCUT2D eigenvalue weighted by molar-refractivity contribution is 0.0780. The van der Waals surface area contributed by atoms with E-state index in [4.69, 9.17) is 4.74 Å². The third kappa shape index (κ3) is 4.14. The van der Waals surface area contributed by atoms with Gasteiger partial charge in [-0.05, 0) is 36.2 Å². The molecule has 2 aromatic heterocycles. The molecule has 5 nitrogen and oxygen atoms in total. The number of imidazole rings is 1. The molecule has 0 bridgehead atoms. The minimum atomic E-state index is -0.0738. The second kappa shape index (κ2) is 8.19. The fraction of sp³-hybridized carbons (Fsp3) is 0.167. The van der Waals surface area contributed by atoms with Gasteiger partial charge in [0.1, 0.15) is 18.0 Å². The van der Waals surface area contributed by atoms with E-state index < -0.39 is 0 Å². The first-order valence-corrected chi connectivity index (χ1v) is 9.56. The Balaban J connectivity index is 1.50. The quantitative estimate of drug-likeness (QED) is 0.491. The molecule has 4 aromatic rings. The van der Waals surface area contributed by atoms with Crippen molar-refractivity contribution in [3.8, 4) is 5.75 Å². The number of nitrogens with zero attached hydrogens (tertiary/aromatic N) is 3. The Labute approximate surface area is 170 Å². The molecule has 146 valence electrons. The molecule has 1 amide bonds. The number of aromatic nitrogens is 2. The van der Waals surface area contributed by atoms with Gasteiger partial charge in [0, 0.05) is 26.0 Å². The van der Waals surface area contributed by atoms with Crippen LogP contribution in [0.3, 0.4) is 0 Å². The zero-order chi connectivity index (χ0) is 20.2. The molecule has 0 saturated carbocycles. The molecule has 0 N–H and O–H groups in total. The smallest absolute Gasteiger partial charge is 0.257 e. The maximum atomic E-state index is 13.0. The number of fused-ring (bicyclic) bond motifs is 1. The van der Waals surface area contributed by atoms with Crippen molar-refractivity contribution < 1.29 is 9.53 Å². The number of aryl methyl sites for hydroxylation is 1. The van der Waals surface area contributed by atoms with Gasteiger partial charge in [0.2, 0.25) is 0 Å². The number of benzene rings is 2. The number of pyridine rings is 1. The number of carbonyl (C=O) groups is 1. The van der Waals surface area contributed by atoms with E-state index in [9.17, 15) is 4.79 Å². The summed E-state index contributed by atoms with van der Waals surface area (Å²) < 4.78 is 7.98. The van der Waals surface area contributed by atoms with E-state index in [1.807, 2.05) is 84.4 Å². The van der Waals surface area contributed by atoms with Gasteiger partial charge >= 0.3 is 0 Å². The molecule has 0 aliphatic heterocycles. The van der Waals surface area contributed by atoms with E-state index in [1.165, 1.54) is 0 Å². The van der Waals surface area contributed by atoms with Gasteiger partial charge < -0.3 is 14.0 Å². The zero-order valence-electron chi connectivity index (χ0n) is 16.6. The molecule has 0 radical (unpaired) electrons. The molecule has 2 aromatic carbocycles. The van der Waals surface area contributed by atoms with E-state index in [-0.39, 0.29) is 5.91 Å². The highest BCUT2D eigenvalue weighted by Gasteiger charge is 2.17. The number of hydrogen-bond acceptors (Lipinski definition) is 3. The first kappa shape index (κ1) is 18.7. The SMILES string of the molecule is Cc1cccn2cc(COc3ccccc3C(=O)N(C)Cc3ccccc3)nc12. The van der Waals surface area contributed by atoms with Crippen LogP contribution < -0.4 is 4.74 Å². The summed E-state index contributed by atoms with van der Waals surface area (Å²) in [5.74, 6) is 0.487. The van der Waals surface area contributed by atoms with E-state index >= 15 is 0 Å². The number of hydrogen-bond donors (Lipinski definition) is 0. The van der Waals surface area contributed by atoms with Gasteiger partial charge in [0.25, 0.3) is 5.91 Å². The summed E-state index contributed by atoms with van der Waals surface area (Å²) in [7, 11) is 1.80. The third-order valence-electron chi connectivity index (χ3n) is 4.83. The lowest BCUT2D eigenvalue weighted by Crippen LogP contribution is -2.26. The van der Waals surface area contributed by atoms with Crippen molar-refractivity contribution in [1.82, 2.24) is 14.3 Å². The van der Waals surface area contributed by atoms with Gasteiger partial charge in [0.15, 0.2) is 0 Å². The summed E-state index contributed by atoms with van der Waals surface area (Å²) >= 11 is 0. The second-order valence-corrected chi connectivity index (χ2v) is 7.09. The summed E-state index contributed by atoms with van der Waals surface area (Å²) in [6.45, 7) is 2.87. The van der Waals surface area contributed by atoms with E-state index in [2.05, 4.69) is 4.98 Å². The van der Waals surface area contributed by atoms with E-state index in [0.717, 1.165) is 22.5 Å². The topological polar surface area (TPSA) is 46.8 Å². The fourth-order valence-electron chi connectivity index (χ4n) is 3.33. The maximum Gasteiger partial charge on any atom is 0.257 e. The molecule has 0 saturated heterocycles. The Morgan fingerprint density at radius 2 is 1.79 bits per heavy atom. The van der Waals surface area contributed by atoms with Crippen LogP contribution in [0.4, 0.5) is 0 Å². The molecular weight excluding hydrogens is 362 g/mol. The molecule has 29 heavy (non-hydrogen) atoms. The maximum absolute atomic E-state index is 13.0. The predicted molar refractivity (Wildman–Crippen MR) is 113 cm³/mol.